The minimum absolute atomic E-state index is 0.137. The lowest BCUT2D eigenvalue weighted by Crippen LogP contribution is -2.34. The third kappa shape index (κ3) is 10.6. The van der Waals surface area contributed by atoms with E-state index in [1.807, 2.05) is 0 Å². The molecule has 0 aromatic carbocycles. The molecule has 124 valence electrons. The van der Waals surface area contributed by atoms with Crippen molar-refractivity contribution >= 4 is 5.97 Å². The van der Waals surface area contributed by atoms with Gasteiger partial charge in [-0.3, -0.25) is 4.79 Å². The van der Waals surface area contributed by atoms with Crippen LogP contribution < -0.4 is 5.32 Å². The zero-order valence-electron chi connectivity index (χ0n) is 13.1. The van der Waals surface area contributed by atoms with Crippen molar-refractivity contribution in [2.75, 3.05) is 53.3 Å². The number of esters is 1. The third-order valence-corrected chi connectivity index (χ3v) is 3.40. The van der Waals surface area contributed by atoms with Crippen LogP contribution in [0.25, 0.3) is 0 Å². The first-order valence-corrected chi connectivity index (χ1v) is 7.86. The normalized spacial score (nSPS) is 18.6. The molecule has 1 rings (SSSR count). The van der Waals surface area contributed by atoms with E-state index in [2.05, 4.69) is 5.32 Å². The molecule has 1 fully saturated rings. The molecule has 6 heteroatoms. The van der Waals surface area contributed by atoms with Gasteiger partial charge in [-0.2, -0.15) is 0 Å². The van der Waals surface area contributed by atoms with Gasteiger partial charge in [-0.05, 0) is 25.8 Å². The number of carbonyl (C=O) groups is 1. The van der Waals surface area contributed by atoms with E-state index < -0.39 is 0 Å². The van der Waals surface area contributed by atoms with E-state index in [0.29, 0.717) is 52.1 Å². The van der Waals surface area contributed by atoms with Crippen LogP contribution in [-0.2, 0) is 23.7 Å². The average molecular weight is 303 g/mol. The van der Waals surface area contributed by atoms with Crippen molar-refractivity contribution in [3.63, 3.8) is 0 Å². The van der Waals surface area contributed by atoms with Gasteiger partial charge in [-0.15, -0.1) is 0 Å². The maximum atomic E-state index is 11.5. The lowest BCUT2D eigenvalue weighted by Gasteiger charge is -2.22. The summed E-state index contributed by atoms with van der Waals surface area (Å²) in [6.45, 7) is 4.01. The molecule has 1 atom stereocenters. The number of hydrogen-bond donors (Lipinski definition) is 1. The van der Waals surface area contributed by atoms with Crippen molar-refractivity contribution in [1.82, 2.24) is 5.32 Å². The number of nitrogens with one attached hydrogen (secondary N) is 1. The second-order valence-electron chi connectivity index (χ2n) is 5.12. The maximum Gasteiger partial charge on any atom is 0.305 e. The summed E-state index contributed by atoms with van der Waals surface area (Å²) < 4.78 is 20.5. The summed E-state index contributed by atoms with van der Waals surface area (Å²) in [6, 6.07) is 0.479. The van der Waals surface area contributed by atoms with Crippen LogP contribution in [0.15, 0.2) is 0 Å². The highest BCUT2D eigenvalue weighted by atomic mass is 16.6. The number of methoxy groups -OCH3 is 1. The Morgan fingerprint density at radius 3 is 2.43 bits per heavy atom. The van der Waals surface area contributed by atoms with Gasteiger partial charge in [0.25, 0.3) is 0 Å². The van der Waals surface area contributed by atoms with Crippen molar-refractivity contribution in [2.45, 2.75) is 38.1 Å². The highest BCUT2D eigenvalue weighted by Crippen LogP contribution is 2.11. The monoisotopic (exact) mass is 303 g/mol. The Labute approximate surface area is 127 Å². The summed E-state index contributed by atoms with van der Waals surface area (Å²) in [5.41, 5.74) is 0. The molecule has 0 saturated carbocycles. The van der Waals surface area contributed by atoms with E-state index in [4.69, 9.17) is 18.9 Å². The van der Waals surface area contributed by atoms with Crippen molar-refractivity contribution < 1.29 is 23.7 Å². The summed E-state index contributed by atoms with van der Waals surface area (Å²) in [4.78, 5) is 11.5. The molecule has 1 aliphatic heterocycles. The van der Waals surface area contributed by atoms with E-state index in [9.17, 15) is 4.79 Å². The zero-order chi connectivity index (χ0) is 15.2. The van der Waals surface area contributed by atoms with Crippen LogP contribution in [0.1, 0.15) is 32.1 Å². The van der Waals surface area contributed by atoms with Gasteiger partial charge in [-0.25, -0.2) is 0 Å². The van der Waals surface area contributed by atoms with Crippen LogP contribution in [0.2, 0.25) is 0 Å². The topological polar surface area (TPSA) is 66.0 Å². The van der Waals surface area contributed by atoms with Gasteiger partial charge < -0.3 is 24.3 Å². The van der Waals surface area contributed by atoms with Crippen LogP contribution in [0.4, 0.5) is 0 Å². The van der Waals surface area contributed by atoms with Crippen molar-refractivity contribution in [1.29, 1.82) is 0 Å². The maximum absolute atomic E-state index is 11.5. The first-order chi connectivity index (χ1) is 10.3. The molecule has 0 aliphatic carbocycles. The number of ether oxygens (including phenoxy) is 4. The molecular formula is C15H29NO5. The fraction of sp³-hybridized carbons (Fsp3) is 0.933. The SMILES string of the molecule is COCCOCCOCCOC(=O)CCC1CCCCN1. The van der Waals surface area contributed by atoms with Crippen LogP contribution in [-0.4, -0.2) is 65.3 Å². The van der Waals surface area contributed by atoms with Gasteiger partial charge >= 0.3 is 5.97 Å². The Morgan fingerprint density at radius 1 is 1.05 bits per heavy atom. The van der Waals surface area contributed by atoms with Crippen molar-refractivity contribution in [2.24, 2.45) is 0 Å². The van der Waals surface area contributed by atoms with E-state index in [1.165, 1.54) is 19.3 Å². The fourth-order valence-electron chi connectivity index (χ4n) is 2.21. The Kier molecular flexibility index (Phi) is 11.4. The van der Waals surface area contributed by atoms with Gasteiger partial charge in [0.2, 0.25) is 0 Å². The Balaban J connectivity index is 1.82. The highest BCUT2D eigenvalue weighted by molar-refractivity contribution is 5.69. The van der Waals surface area contributed by atoms with Gasteiger partial charge in [0, 0.05) is 19.6 Å². The predicted octanol–water partition coefficient (Wildman–Crippen LogP) is 1.13. The average Bonchev–Trinajstić information content (AvgIpc) is 2.52. The molecule has 1 N–H and O–H groups in total. The number of piperidine rings is 1. The quantitative estimate of drug-likeness (QED) is 0.431. The van der Waals surface area contributed by atoms with E-state index >= 15 is 0 Å². The lowest BCUT2D eigenvalue weighted by molar-refractivity contribution is -0.145. The standard InChI is InChI=1S/C15H29NO5/c1-18-8-9-19-10-11-20-12-13-21-15(17)6-5-14-4-2-3-7-16-14/h14,16H,2-13H2,1H3. The molecule has 1 unspecified atom stereocenters. The summed E-state index contributed by atoms with van der Waals surface area (Å²) in [6.07, 6.45) is 5.02. The van der Waals surface area contributed by atoms with Gasteiger partial charge in [0.05, 0.1) is 33.0 Å². The molecule has 0 spiro atoms. The first-order valence-electron chi connectivity index (χ1n) is 7.86. The molecule has 1 saturated heterocycles. The van der Waals surface area contributed by atoms with Crippen molar-refractivity contribution in [3.05, 3.63) is 0 Å². The number of carbonyl (C=O) groups excluding carboxylic acids is 1. The Bertz CT molecular complexity index is 256. The van der Waals surface area contributed by atoms with Crippen LogP contribution in [0.3, 0.4) is 0 Å². The predicted molar refractivity (Wildman–Crippen MR) is 79.3 cm³/mol. The first kappa shape index (κ1) is 18.4. The van der Waals surface area contributed by atoms with E-state index in [-0.39, 0.29) is 5.97 Å². The van der Waals surface area contributed by atoms with Crippen molar-refractivity contribution in [3.8, 4) is 0 Å². The highest BCUT2D eigenvalue weighted by Gasteiger charge is 2.14. The van der Waals surface area contributed by atoms with Gasteiger partial charge in [0.1, 0.15) is 6.61 Å². The van der Waals surface area contributed by atoms with Crippen LogP contribution >= 0.6 is 0 Å². The fourth-order valence-corrected chi connectivity index (χ4v) is 2.21. The lowest BCUT2D eigenvalue weighted by atomic mass is 10.0. The van der Waals surface area contributed by atoms with E-state index in [0.717, 1.165) is 13.0 Å². The molecule has 0 bridgehead atoms. The van der Waals surface area contributed by atoms with Crippen LogP contribution in [0, 0.1) is 0 Å². The Hall–Kier alpha value is -0.690. The Morgan fingerprint density at radius 2 is 1.76 bits per heavy atom. The molecule has 0 aromatic heterocycles. The molecular weight excluding hydrogens is 274 g/mol. The second-order valence-corrected chi connectivity index (χ2v) is 5.12. The second kappa shape index (κ2) is 13.0. The van der Waals surface area contributed by atoms with E-state index in [1.54, 1.807) is 7.11 Å². The molecule has 1 aliphatic rings. The molecule has 0 amide bonds. The minimum Gasteiger partial charge on any atom is -0.463 e. The largest absolute Gasteiger partial charge is 0.463 e. The summed E-state index contributed by atoms with van der Waals surface area (Å²) in [7, 11) is 1.64. The molecule has 6 nitrogen and oxygen atoms in total. The number of rotatable bonds is 12. The van der Waals surface area contributed by atoms with Gasteiger partial charge in [-0.1, -0.05) is 6.42 Å². The van der Waals surface area contributed by atoms with Gasteiger partial charge in [0.15, 0.2) is 0 Å². The molecule has 21 heavy (non-hydrogen) atoms. The molecule has 0 aromatic rings. The zero-order valence-corrected chi connectivity index (χ0v) is 13.1. The minimum atomic E-state index is -0.137. The van der Waals surface area contributed by atoms with Crippen LogP contribution in [0.5, 0.6) is 0 Å². The smallest absolute Gasteiger partial charge is 0.305 e. The summed E-state index contributed by atoms with van der Waals surface area (Å²) in [5.74, 6) is -0.137. The molecule has 1 heterocycles. The third-order valence-electron chi connectivity index (χ3n) is 3.40. The molecule has 0 radical (unpaired) electrons. The summed E-state index contributed by atoms with van der Waals surface area (Å²) in [5, 5.41) is 3.42. The number of hydrogen-bond acceptors (Lipinski definition) is 6. The summed E-state index contributed by atoms with van der Waals surface area (Å²) >= 11 is 0.